The van der Waals surface area contributed by atoms with E-state index in [0.29, 0.717) is 0 Å². The van der Waals surface area contributed by atoms with Gasteiger partial charge in [-0.3, -0.25) is 0 Å². The van der Waals surface area contributed by atoms with Gasteiger partial charge < -0.3 is 14.7 Å². The summed E-state index contributed by atoms with van der Waals surface area (Å²) in [7, 11) is 12.4. The van der Waals surface area contributed by atoms with Gasteiger partial charge >= 0.3 is 0 Å². The van der Waals surface area contributed by atoms with Crippen molar-refractivity contribution in [3.05, 3.63) is 373 Å². The molecule has 0 radical (unpaired) electrons. The van der Waals surface area contributed by atoms with Crippen LogP contribution in [0.1, 0.15) is 100 Å². The second-order valence-corrected chi connectivity index (χ2v) is 24.2. The second kappa shape index (κ2) is 30.0. The summed E-state index contributed by atoms with van der Waals surface area (Å²) in [6.07, 6.45) is 0. The molecule has 0 saturated carbocycles. The Labute approximate surface area is 582 Å². The quantitative estimate of drug-likeness (QED) is 0.163. The summed E-state index contributed by atoms with van der Waals surface area (Å²) in [5.41, 5.74) is 19.7. The smallest absolute Gasteiger partial charge is 0.0441 e. The summed E-state index contributed by atoms with van der Waals surface area (Å²) in [4.78, 5) is 6.39. The lowest BCUT2D eigenvalue weighted by molar-refractivity contribution is 1.14. The van der Waals surface area contributed by atoms with E-state index in [1.54, 1.807) is 0 Å². The average molecular weight is 1260 g/mol. The van der Waals surface area contributed by atoms with Crippen LogP contribution in [0.4, 0.5) is 17.1 Å². The minimum atomic E-state index is 0.794. The number of rotatable bonds is 3. The largest absolute Gasteiger partial charge is 0.377 e. The molecule has 0 spiro atoms. The van der Waals surface area contributed by atoms with Crippen molar-refractivity contribution < 1.29 is 0 Å². The topological polar surface area (TPSA) is 9.72 Å². The molecule has 0 aliphatic heterocycles. The van der Waals surface area contributed by atoms with Crippen molar-refractivity contribution in [2.45, 2.75) is 0 Å². The van der Waals surface area contributed by atoms with Gasteiger partial charge in [-0.1, -0.05) is 179 Å². The third kappa shape index (κ3) is 16.2. The standard InChI is InChI=1S/C96H63N3/c1-97(2)94-22-10-16-88-85(13-7-19-91(88)94)64-61-79-49-43-73(44-50-79)28-25-70-31-37-76(38-32-70)55-58-82-67-83(59-56-77-39-33-71(34-40-77)26-29-74-45-51-80(52-46-74)62-65-86-14-8-20-92-89(86)17-11-23-95(92)98(3)4)69-84(68-82)60-57-78-41-35-72(36-42-78)27-30-75-47-53-81(54-48-75)63-66-87-15-9-21-93-90(87)18-12-24-96(93)99(5)6/h7-24,31-54,67-69H,1-6H3. The molecule has 0 saturated heterocycles. The Kier molecular flexibility index (Phi) is 19.3. The number of hydrogen-bond acceptors (Lipinski definition) is 3. The highest BCUT2D eigenvalue weighted by atomic mass is 15.1. The van der Waals surface area contributed by atoms with E-state index >= 15 is 0 Å². The predicted molar refractivity (Wildman–Crippen MR) is 414 cm³/mol. The summed E-state index contributed by atoms with van der Waals surface area (Å²) in [6, 6.07) is 92.1. The molecule has 0 amide bonds. The molecule has 462 valence electrons. The number of hydrogen-bond donors (Lipinski definition) is 0. The fourth-order valence-electron chi connectivity index (χ4n) is 11.3. The molecule has 3 nitrogen and oxygen atoms in total. The van der Waals surface area contributed by atoms with E-state index in [-0.39, 0.29) is 0 Å². The van der Waals surface area contributed by atoms with Crippen LogP contribution in [0.2, 0.25) is 0 Å². The molecule has 13 aromatic rings. The number of benzene rings is 13. The van der Waals surface area contributed by atoms with Crippen LogP contribution >= 0.6 is 0 Å². The number of anilines is 3. The molecule has 99 heavy (non-hydrogen) atoms. The molecule has 3 heteroatoms. The summed E-state index contributed by atoms with van der Waals surface area (Å²) in [5.74, 6) is 60.4. The van der Waals surface area contributed by atoms with Crippen molar-refractivity contribution in [1.29, 1.82) is 0 Å². The Hall–Kier alpha value is -13.9. The minimum absolute atomic E-state index is 0.794. The van der Waals surface area contributed by atoms with Crippen molar-refractivity contribution >= 4 is 49.4 Å². The highest BCUT2D eigenvalue weighted by Crippen LogP contribution is 2.31. The molecule has 0 fully saturated rings. The normalized spacial score (nSPS) is 10.0. The van der Waals surface area contributed by atoms with Crippen molar-refractivity contribution in [2.24, 2.45) is 0 Å². The number of nitrogens with zero attached hydrogens (tertiary/aromatic N) is 3. The fraction of sp³-hybridized carbons (Fsp3) is 0.0625. The SMILES string of the molecule is CN(C)c1cccc2c(C#Cc3ccc(C#Cc4ccc(C#Cc5cc(C#Cc6ccc(C#Cc7ccc(C#Cc8cccc9c(N(C)C)cccc89)cc7)cc6)cc(C#Cc6ccc(C#Cc7ccc(C#Cc8cccc9c(N(C)C)cccc89)cc7)cc6)c5)cc4)cc3)cccc12. The Balaban J connectivity index is 0.698. The third-order valence-corrected chi connectivity index (χ3v) is 16.5. The maximum Gasteiger partial charge on any atom is 0.0441 e. The monoisotopic (exact) mass is 1260 g/mol. The average Bonchev–Trinajstić information content (AvgIpc) is 0.822. The fourth-order valence-corrected chi connectivity index (χ4v) is 11.3. The molecule has 0 heterocycles. The van der Waals surface area contributed by atoms with Gasteiger partial charge in [-0.05, 0) is 216 Å². The first-order valence-corrected chi connectivity index (χ1v) is 32.5. The van der Waals surface area contributed by atoms with Crippen LogP contribution in [-0.4, -0.2) is 42.3 Å². The van der Waals surface area contributed by atoms with Crippen LogP contribution in [-0.2, 0) is 0 Å². The Morgan fingerprint density at radius 3 is 0.485 bits per heavy atom. The number of fused-ring (bicyclic) bond motifs is 3. The van der Waals surface area contributed by atoms with Crippen LogP contribution in [0.3, 0.4) is 0 Å². The lowest BCUT2D eigenvalue weighted by Gasteiger charge is -2.15. The molecule has 0 aromatic heterocycles. The van der Waals surface area contributed by atoms with E-state index < -0.39 is 0 Å². The lowest BCUT2D eigenvalue weighted by atomic mass is 10.0. The van der Waals surface area contributed by atoms with Crippen LogP contribution < -0.4 is 14.7 Å². The van der Waals surface area contributed by atoms with E-state index in [0.717, 1.165) is 116 Å². The maximum atomic E-state index is 3.40. The zero-order chi connectivity index (χ0) is 67.9. The van der Waals surface area contributed by atoms with Gasteiger partial charge in [-0.25, -0.2) is 0 Å². The first-order chi connectivity index (χ1) is 48.5. The molecule has 13 rings (SSSR count). The predicted octanol–water partition coefficient (Wildman–Crippen LogP) is 17.9. The minimum Gasteiger partial charge on any atom is -0.377 e. The Morgan fingerprint density at radius 1 is 0.152 bits per heavy atom. The van der Waals surface area contributed by atoms with E-state index in [9.17, 15) is 0 Å². The summed E-state index contributed by atoms with van der Waals surface area (Å²) in [6.45, 7) is 0. The molecule has 0 aliphatic carbocycles. The summed E-state index contributed by atoms with van der Waals surface area (Å²) in [5, 5.41) is 6.98. The van der Waals surface area contributed by atoms with Crippen molar-refractivity contribution in [3.8, 4) is 107 Å². The van der Waals surface area contributed by atoms with Crippen LogP contribution in [0, 0.1) is 107 Å². The van der Waals surface area contributed by atoms with E-state index in [4.69, 9.17) is 0 Å². The Bertz CT molecular complexity index is 5280. The summed E-state index contributed by atoms with van der Waals surface area (Å²) < 4.78 is 0. The Morgan fingerprint density at radius 2 is 0.303 bits per heavy atom. The first-order valence-electron chi connectivity index (χ1n) is 32.5. The molecule has 0 bridgehead atoms. The first kappa shape index (κ1) is 63.8. The highest BCUT2D eigenvalue weighted by Gasteiger charge is 2.09. The molecule has 0 atom stereocenters. The van der Waals surface area contributed by atoms with Crippen LogP contribution in [0.25, 0.3) is 32.3 Å². The van der Waals surface area contributed by atoms with Gasteiger partial charge in [0.1, 0.15) is 0 Å². The third-order valence-electron chi connectivity index (χ3n) is 16.5. The van der Waals surface area contributed by atoms with Crippen LogP contribution in [0.15, 0.2) is 273 Å². The van der Waals surface area contributed by atoms with Crippen molar-refractivity contribution in [1.82, 2.24) is 0 Å². The van der Waals surface area contributed by atoms with E-state index in [2.05, 4.69) is 273 Å². The van der Waals surface area contributed by atoms with Gasteiger partial charge in [0.15, 0.2) is 0 Å². The van der Waals surface area contributed by atoms with E-state index in [1.165, 1.54) is 33.2 Å². The zero-order valence-electron chi connectivity index (χ0n) is 55.8. The van der Waals surface area contributed by atoms with Crippen molar-refractivity contribution in [3.63, 3.8) is 0 Å². The summed E-state index contributed by atoms with van der Waals surface area (Å²) >= 11 is 0. The second-order valence-electron chi connectivity index (χ2n) is 24.2. The highest BCUT2D eigenvalue weighted by molar-refractivity contribution is 6.00. The maximum absolute atomic E-state index is 3.40. The molecule has 0 aliphatic rings. The molecular weight excluding hydrogens is 1200 g/mol. The van der Waals surface area contributed by atoms with Crippen LogP contribution in [0.5, 0.6) is 0 Å². The van der Waals surface area contributed by atoms with Gasteiger partial charge in [0.05, 0.1) is 0 Å². The van der Waals surface area contributed by atoms with Crippen molar-refractivity contribution in [2.75, 3.05) is 57.0 Å². The molecular formula is C96H63N3. The lowest BCUT2D eigenvalue weighted by Crippen LogP contribution is -2.08. The van der Waals surface area contributed by atoms with Gasteiger partial charge in [0.25, 0.3) is 0 Å². The van der Waals surface area contributed by atoms with Gasteiger partial charge in [-0.2, -0.15) is 0 Å². The molecule has 0 N–H and O–H groups in total. The van der Waals surface area contributed by atoms with E-state index in [1.807, 2.05) is 164 Å². The molecule has 0 unspecified atom stereocenters. The molecule has 13 aromatic carbocycles. The zero-order valence-corrected chi connectivity index (χ0v) is 55.8. The van der Waals surface area contributed by atoms with Gasteiger partial charge in [0, 0.05) is 176 Å². The van der Waals surface area contributed by atoms with Gasteiger partial charge in [0.2, 0.25) is 0 Å². The van der Waals surface area contributed by atoms with Gasteiger partial charge in [-0.15, -0.1) is 0 Å².